The van der Waals surface area contributed by atoms with Crippen LogP contribution < -0.4 is 10.1 Å². The SMILES string of the molecule is CNC(COc1cc(C)ccc1Cl)C1CC1. The molecule has 1 aliphatic carbocycles. The molecule has 3 heteroatoms. The fourth-order valence-corrected chi connectivity index (χ4v) is 2.03. The van der Waals surface area contributed by atoms with E-state index in [0.717, 1.165) is 11.7 Å². The zero-order chi connectivity index (χ0) is 11.5. The van der Waals surface area contributed by atoms with E-state index < -0.39 is 0 Å². The Morgan fingerprint density at radius 1 is 1.50 bits per heavy atom. The lowest BCUT2D eigenvalue weighted by atomic mass is 10.2. The molecule has 2 nitrogen and oxygen atoms in total. The predicted molar refractivity (Wildman–Crippen MR) is 67.3 cm³/mol. The van der Waals surface area contributed by atoms with E-state index in [1.165, 1.54) is 18.4 Å². The van der Waals surface area contributed by atoms with Gasteiger partial charge in [-0.15, -0.1) is 0 Å². The molecule has 1 aliphatic rings. The van der Waals surface area contributed by atoms with Crippen molar-refractivity contribution in [2.75, 3.05) is 13.7 Å². The molecular formula is C13H18ClNO. The molecule has 1 fully saturated rings. The Bertz CT molecular complexity index is 363. The monoisotopic (exact) mass is 239 g/mol. The van der Waals surface area contributed by atoms with Crippen LogP contribution in [0.25, 0.3) is 0 Å². The van der Waals surface area contributed by atoms with Gasteiger partial charge in [0.2, 0.25) is 0 Å². The summed E-state index contributed by atoms with van der Waals surface area (Å²) in [6.45, 7) is 2.74. The molecule has 0 aliphatic heterocycles. The van der Waals surface area contributed by atoms with Crippen molar-refractivity contribution in [2.24, 2.45) is 5.92 Å². The van der Waals surface area contributed by atoms with Crippen LogP contribution in [0, 0.1) is 12.8 Å². The highest BCUT2D eigenvalue weighted by Crippen LogP contribution is 2.33. The second-order valence-corrected chi connectivity index (χ2v) is 4.88. The van der Waals surface area contributed by atoms with Gasteiger partial charge in [-0.25, -0.2) is 0 Å². The zero-order valence-corrected chi connectivity index (χ0v) is 10.6. The summed E-state index contributed by atoms with van der Waals surface area (Å²) in [6, 6.07) is 6.32. The lowest BCUT2D eigenvalue weighted by Crippen LogP contribution is -2.33. The largest absolute Gasteiger partial charge is 0.490 e. The Balaban J connectivity index is 1.95. The first-order chi connectivity index (χ1) is 7.70. The maximum Gasteiger partial charge on any atom is 0.138 e. The molecule has 2 rings (SSSR count). The Morgan fingerprint density at radius 2 is 2.25 bits per heavy atom. The topological polar surface area (TPSA) is 21.3 Å². The number of hydrogen-bond donors (Lipinski definition) is 1. The van der Waals surface area contributed by atoms with Crippen LogP contribution in [0.3, 0.4) is 0 Å². The summed E-state index contributed by atoms with van der Waals surface area (Å²) in [6.07, 6.45) is 2.63. The van der Waals surface area contributed by atoms with Gasteiger partial charge < -0.3 is 10.1 Å². The summed E-state index contributed by atoms with van der Waals surface area (Å²) in [4.78, 5) is 0. The zero-order valence-electron chi connectivity index (χ0n) is 9.79. The van der Waals surface area contributed by atoms with Crippen LogP contribution in [0.4, 0.5) is 0 Å². The van der Waals surface area contributed by atoms with Crippen molar-refractivity contribution in [3.05, 3.63) is 28.8 Å². The minimum atomic E-state index is 0.455. The second kappa shape index (κ2) is 5.07. The highest BCUT2D eigenvalue weighted by molar-refractivity contribution is 6.32. The molecule has 1 saturated carbocycles. The van der Waals surface area contributed by atoms with Crippen molar-refractivity contribution in [3.8, 4) is 5.75 Å². The van der Waals surface area contributed by atoms with Crippen molar-refractivity contribution < 1.29 is 4.74 Å². The summed E-state index contributed by atoms with van der Waals surface area (Å²) in [5, 5.41) is 3.99. The van der Waals surface area contributed by atoms with E-state index in [2.05, 4.69) is 5.32 Å². The average molecular weight is 240 g/mol. The van der Waals surface area contributed by atoms with Gasteiger partial charge >= 0.3 is 0 Å². The molecule has 88 valence electrons. The number of hydrogen-bond acceptors (Lipinski definition) is 2. The van der Waals surface area contributed by atoms with Crippen molar-refractivity contribution in [2.45, 2.75) is 25.8 Å². The quantitative estimate of drug-likeness (QED) is 0.853. The van der Waals surface area contributed by atoms with Gasteiger partial charge in [-0.1, -0.05) is 17.7 Å². The molecule has 1 N–H and O–H groups in total. The van der Waals surface area contributed by atoms with Crippen LogP contribution in [0.1, 0.15) is 18.4 Å². The third-order valence-electron chi connectivity index (χ3n) is 3.07. The Labute approximate surface area is 102 Å². The standard InChI is InChI=1S/C13H18ClNO/c1-9-3-6-11(14)13(7-9)16-8-12(15-2)10-4-5-10/h3,6-7,10,12,15H,4-5,8H2,1-2H3. The molecule has 16 heavy (non-hydrogen) atoms. The lowest BCUT2D eigenvalue weighted by molar-refractivity contribution is 0.256. The van der Waals surface area contributed by atoms with E-state index in [0.29, 0.717) is 17.7 Å². The number of halogens is 1. The molecule has 0 radical (unpaired) electrons. The molecule has 0 aromatic heterocycles. The minimum absolute atomic E-state index is 0.455. The van der Waals surface area contributed by atoms with Crippen molar-refractivity contribution in [3.63, 3.8) is 0 Å². The number of rotatable bonds is 5. The van der Waals surface area contributed by atoms with Gasteiger partial charge in [-0.05, 0) is 50.4 Å². The summed E-state index contributed by atoms with van der Waals surface area (Å²) >= 11 is 6.07. The van der Waals surface area contributed by atoms with Gasteiger partial charge in [-0.2, -0.15) is 0 Å². The first-order valence-corrected chi connectivity index (χ1v) is 6.14. The Hall–Kier alpha value is -0.730. The maximum atomic E-state index is 6.07. The number of aryl methyl sites for hydroxylation is 1. The third kappa shape index (κ3) is 2.89. The maximum absolute atomic E-state index is 6.07. The lowest BCUT2D eigenvalue weighted by Gasteiger charge is -2.17. The van der Waals surface area contributed by atoms with E-state index >= 15 is 0 Å². The molecular weight excluding hydrogens is 222 g/mol. The molecule has 1 aromatic carbocycles. The first kappa shape index (κ1) is 11.7. The molecule has 1 atom stereocenters. The molecule has 0 saturated heterocycles. The van der Waals surface area contributed by atoms with E-state index in [4.69, 9.17) is 16.3 Å². The third-order valence-corrected chi connectivity index (χ3v) is 3.38. The molecule has 0 amide bonds. The number of likely N-dealkylation sites (N-methyl/N-ethyl adjacent to an activating group) is 1. The molecule has 1 unspecified atom stereocenters. The molecule has 0 heterocycles. The number of ether oxygens (including phenoxy) is 1. The predicted octanol–water partition coefficient (Wildman–Crippen LogP) is 3.03. The van der Waals surface area contributed by atoms with E-state index in [9.17, 15) is 0 Å². The fourth-order valence-electron chi connectivity index (χ4n) is 1.85. The van der Waals surface area contributed by atoms with Crippen LogP contribution >= 0.6 is 11.6 Å². The van der Waals surface area contributed by atoms with Crippen LogP contribution in [0.15, 0.2) is 18.2 Å². The summed E-state index contributed by atoms with van der Waals surface area (Å²) in [7, 11) is 1.99. The van der Waals surface area contributed by atoms with E-state index in [1.807, 2.05) is 32.2 Å². The van der Waals surface area contributed by atoms with Crippen molar-refractivity contribution >= 4 is 11.6 Å². The second-order valence-electron chi connectivity index (χ2n) is 4.48. The average Bonchev–Trinajstić information content (AvgIpc) is 3.08. The number of benzene rings is 1. The van der Waals surface area contributed by atoms with Gasteiger partial charge in [0, 0.05) is 6.04 Å². The van der Waals surface area contributed by atoms with Crippen LogP contribution in [0.2, 0.25) is 5.02 Å². The molecule has 0 spiro atoms. The Kier molecular flexibility index (Phi) is 3.72. The van der Waals surface area contributed by atoms with Crippen molar-refractivity contribution in [1.82, 2.24) is 5.32 Å². The summed E-state index contributed by atoms with van der Waals surface area (Å²) in [5.41, 5.74) is 1.17. The van der Waals surface area contributed by atoms with E-state index in [-0.39, 0.29) is 0 Å². The normalized spacial score (nSPS) is 17.2. The first-order valence-electron chi connectivity index (χ1n) is 5.77. The summed E-state index contributed by atoms with van der Waals surface area (Å²) in [5.74, 6) is 1.58. The smallest absolute Gasteiger partial charge is 0.138 e. The van der Waals surface area contributed by atoms with Crippen molar-refractivity contribution in [1.29, 1.82) is 0 Å². The van der Waals surface area contributed by atoms with Crippen LogP contribution in [-0.2, 0) is 0 Å². The van der Waals surface area contributed by atoms with Gasteiger partial charge in [0.15, 0.2) is 0 Å². The fraction of sp³-hybridized carbons (Fsp3) is 0.538. The summed E-state index contributed by atoms with van der Waals surface area (Å²) < 4.78 is 5.78. The minimum Gasteiger partial charge on any atom is -0.490 e. The van der Waals surface area contributed by atoms with Crippen LogP contribution in [0.5, 0.6) is 5.75 Å². The van der Waals surface area contributed by atoms with Gasteiger partial charge in [0.05, 0.1) is 5.02 Å². The van der Waals surface area contributed by atoms with Gasteiger partial charge in [0.1, 0.15) is 12.4 Å². The molecule has 0 bridgehead atoms. The van der Waals surface area contributed by atoms with Gasteiger partial charge in [-0.3, -0.25) is 0 Å². The van der Waals surface area contributed by atoms with E-state index in [1.54, 1.807) is 0 Å². The highest BCUT2D eigenvalue weighted by Gasteiger charge is 2.30. The number of nitrogens with one attached hydrogen (secondary N) is 1. The highest BCUT2D eigenvalue weighted by atomic mass is 35.5. The van der Waals surface area contributed by atoms with Crippen LogP contribution in [-0.4, -0.2) is 19.7 Å². The molecule has 1 aromatic rings. The van der Waals surface area contributed by atoms with Gasteiger partial charge in [0.25, 0.3) is 0 Å². The Morgan fingerprint density at radius 3 is 2.88 bits per heavy atom.